The Kier molecular flexibility index (Phi) is 4.88. The topological polar surface area (TPSA) is 57.8 Å². The monoisotopic (exact) mass is 401 g/mol. The first-order valence-electron chi connectivity index (χ1n) is 11.3. The minimum Gasteiger partial charge on any atom is -0.342 e. The summed E-state index contributed by atoms with van der Waals surface area (Å²) in [4.78, 5) is 21.4. The van der Waals surface area contributed by atoms with Crippen LogP contribution in [0.2, 0.25) is 0 Å². The molecule has 3 aromatic rings. The summed E-state index contributed by atoms with van der Waals surface area (Å²) in [6.45, 7) is 4.54. The van der Waals surface area contributed by atoms with Gasteiger partial charge in [0.15, 0.2) is 0 Å². The van der Waals surface area contributed by atoms with Crippen LogP contribution in [0.25, 0.3) is 11.0 Å². The maximum absolute atomic E-state index is 13.2. The van der Waals surface area contributed by atoms with Gasteiger partial charge in [-0.05, 0) is 73.6 Å². The zero-order valence-electron chi connectivity index (χ0n) is 17.9. The number of aromatic nitrogens is 2. The number of amides is 1. The average molecular weight is 402 g/mol. The van der Waals surface area contributed by atoms with E-state index in [1.165, 1.54) is 24.8 Å². The van der Waals surface area contributed by atoms with Crippen molar-refractivity contribution in [2.75, 3.05) is 5.32 Å². The van der Waals surface area contributed by atoms with Crippen molar-refractivity contribution in [3.8, 4) is 0 Å². The third-order valence-electron chi connectivity index (χ3n) is 7.17. The number of rotatable bonds is 4. The van der Waals surface area contributed by atoms with Gasteiger partial charge in [0.1, 0.15) is 5.82 Å². The Labute approximate surface area is 178 Å². The van der Waals surface area contributed by atoms with E-state index in [0.29, 0.717) is 11.8 Å². The van der Waals surface area contributed by atoms with Gasteiger partial charge in [0.25, 0.3) is 0 Å². The number of hydrogen-bond acceptors (Lipinski definition) is 2. The lowest BCUT2D eigenvalue weighted by molar-refractivity contribution is -0.129. The number of nitrogens with one attached hydrogen (secondary N) is 2. The summed E-state index contributed by atoms with van der Waals surface area (Å²) in [5, 5.41) is 3.22. The van der Waals surface area contributed by atoms with E-state index in [4.69, 9.17) is 4.98 Å². The van der Waals surface area contributed by atoms with E-state index < -0.39 is 0 Å². The number of nitrogens with zero attached hydrogens (tertiary/aromatic N) is 1. The highest BCUT2D eigenvalue weighted by Gasteiger charge is 2.45. The fourth-order valence-corrected chi connectivity index (χ4v) is 6.07. The highest BCUT2D eigenvalue weighted by Crippen LogP contribution is 2.50. The quantitative estimate of drug-likeness (QED) is 0.568. The molecule has 2 N–H and O–H groups in total. The van der Waals surface area contributed by atoms with Crippen molar-refractivity contribution in [3.05, 3.63) is 59.9 Å². The lowest BCUT2D eigenvalue weighted by Crippen LogP contribution is -2.43. The molecule has 2 atom stereocenters. The zero-order valence-corrected chi connectivity index (χ0v) is 17.9. The van der Waals surface area contributed by atoms with Crippen LogP contribution in [-0.4, -0.2) is 15.9 Å². The molecule has 0 spiro atoms. The SMILES string of the molecule is CC1CC2CC(C1)CC(C)(C(=O)Nc1ccc3nc(Cc4ccccc4)[nH]c3c1)C2. The maximum Gasteiger partial charge on any atom is 0.230 e. The molecular weight excluding hydrogens is 370 g/mol. The number of imidazole rings is 1. The number of H-pyrrole nitrogens is 1. The van der Waals surface area contributed by atoms with Crippen LogP contribution in [0.3, 0.4) is 0 Å². The second kappa shape index (κ2) is 7.57. The Morgan fingerprint density at radius 1 is 1.10 bits per heavy atom. The molecule has 4 nitrogen and oxygen atoms in total. The minimum absolute atomic E-state index is 0.176. The Morgan fingerprint density at radius 2 is 1.83 bits per heavy atom. The van der Waals surface area contributed by atoms with Crippen molar-refractivity contribution in [1.82, 2.24) is 9.97 Å². The van der Waals surface area contributed by atoms with Gasteiger partial charge in [0.2, 0.25) is 5.91 Å². The van der Waals surface area contributed by atoms with Crippen LogP contribution in [0.5, 0.6) is 0 Å². The first-order valence-corrected chi connectivity index (χ1v) is 11.3. The first-order chi connectivity index (χ1) is 14.5. The molecule has 156 valence electrons. The van der Waals surface area contributed by atoms with Crippen molar-refractivity contribution in [3.63, 3.8) is 0 Å². The normalized spacial score (nSPS) is 28.4. The number of aromatic amines is 1. The molecule has 0 saturated heterocycles. The number of anilines is 1. The van der Waals surface area contributed by atoms with Crippen molar-refractivity contribution in [2.24, 2.45) is 23.2 Å². The second-order valence-corrected chi connectivity index (χ2v) is 10.0. The molecule has 0 aliphatic heterocycles. The van der Waals surface area contributed by atoms with Crippen LogP contribution in [-0.2, 0) is 11.2 Å². The van der Waals surface area contributed by atoms with Gasteiger partial charge >= 0.3 is 0 Å². The van der Waals surface area contributed by atoms with Crippen molar-refractivity contribution in [2.45, 2.75) is 52.4 Å². The summed E-state index contributed by atoms with van der Waals surface area (Å²) in [6, 6.07) is 16.3. The minimum atomic E-state index is -0.255. The largest absolute Gasteiger partial charge is 0.342 e. The Hall–Kier alpha value is -2.62. The molecular formula is C26H31N3O. The van der Waals surface area contributed by atoms with E-state index >= 15 is 0 Å². The Bertz CT molecular complexity index is 1040. The summed E-state index contributed by atoms with van der Waals surface area (Å²) >= 11 is 0. The van der Waals surface area contributed by atoms with Gasteiger partial charge in [0, 0.05) is 17.5 Å². The van der Waals surface area contributed by atoms with Gasteiger partial charge in [-0.2, -0.15) is 0 Å². The van der Waals surface area contributed by atoms with Crippen LogP contribution in [0.1, 0.15) is 57.3 Å². The highest BCUT2D eigenvalue weighted by atomic mass is 16.2. The molecule has 1 amide bonds. The number of benzene rings is 2. The van der Waals surface area contributed by atoms with Crippen LogP contribution in [0.4, 0.5) is 5.69 Å². The molecule has 1 aromatic heterocycles. The zero-order chi connectivity index (χ0) is 20.7. The Morgan fingerprint density at radius 3 is 2.57 bits per heavy atom. The molecule has 0 radical (unpaired) electrons. The van der Waals surface area contributed by atoms with E-state index in [1.54, 1.807) is 0 Å². The van der Waals surface area contributed by atoms with Gasteiger partial charge in [-0.15, -0.1) is 0 Å². The summed E-state index contributed by atoms with van der Waals surface area (Å²) in [5.74, 6) is 3.35. The summed E-state index contributed by atoms with van der Waals surface area (Å²) in [5.41, 5.74) is 3.74. The van der Waals surface area contributed by atoms with Gasteiger partial charge in [-0.1, -0.05) is 44.2 Å². The molecule has 4 heteroatoms. The van der Waals surface area contributed by atoms with E-state index in [1.807, 2.05) is 36.4 Å². The molecule has 2 unspecified atom stereocenters. The predicted octanol–water partition coefficient (Wildman–Crippen LogP) is 5.94. The van der Waals surface area contributed by atoms with Crippen LogP contribution < -0.4 is 5.32 Å². The second-order valence-electron chi connectivity index (χ2n) is 10.0. The summed E-state index contributed by atoms with van der Waals surface area (Å²) < 4.78 is 0. The molecule has 2 aromatic carbocycles. The highest BCUT2D eigenvalue weighted by molar-refractivity contribution is 5.96. The number of fused-ring (bicyclic) bond motifs is 3. The smallest absolute Gasteiger partial charge is 0.230 e. The molecule has 2 aliphatic carbocycles. The molecule has 2 aliphatic rings. The average Bonchev–Trinajstić information content (AvgIpc) is 3.09. The predicted molar refractivity (Wildman–Crippen MR) is 121 cm³/mol. The Balaban J connectivity index is 1.31. The van der Waals surface area contributed by atoms with Crippen LogP contribution >= 0.6 is 0 Å². The van der Waals surface area contributed by atoms with Gasteiger partial charge < -0.3 is 10.3 Å². The van der Waals surface area contributed by atoms with Crippen molar-refractivity contribution >= 4 is 22.6 Å². The molecule has 5 rings (SSSR count). The molecule has 2 fully saturated rings. The van der Waals surface area contributed by atoms with Gasteiger partial charge in [-0.25, -0.2) is 4.98 Å². The van der Waals surface area contributed by atoms with E-state index in [9.17, 15) is 4.79 Å². The number of carbonyl (C=O) groups excluding carboxylic acids is 1. The molecule has 1 heterocycles. The fourth-order valence-electron chi connectivity index (χ4n) is 6.07. The third-order valence-corrected chi connectivity index (χ3v) is 7.17. The van der Waals surface area contributed by atoms with E-state index in [2.05, 4.69) is 36.3 Å². The van der Waals surface area contributed by atoms with Crippen LogP contribution in [0.15, 0.2) is 48.5 Å². The van der Waals surface area contributed by atoms with E-state index in [0.717, 1.165) is 47.7 Å². The number of carbonyl (C=O) groups is 1. The van der Waals surface area contributed by atoms with Crippen LogP contribution in [0, 0.1) is 23.2 Å². The van der Waals surface area contributed by atoms with Crippen molar-refractivity contribution in [1.29, 1.82) is 0 Å². The third kappa shape index (κ3) is 3.88. The molecule has 2 bridgehead atoms. The lowest BCUT2D eigenvalue weighted by atomic mass is 9.59. The molecule has 2 saturated carbocycles. The standard InChI is InChI=1S/C26H31N3O/c1-17-10-19-12-20(11-17)16-26(2,15-19)25(30)27-21-8-9-22-23(14-21)29-24(28-22)13-18-6-4-3-5-7-18/h3-9,14,17,19-20H,10-13,15-16H2,1-2H3,(H,27,30)(H,28,29). The van der Waals surface area contributed by atoms with Gasteiger partial charge in [-0.3, -0.25) is 4.79 Å². The summed E-state index contributed by atoms with van der Waals surface area (Å²) in [7, 11) is 0. The summed E-state index contributed by atoms with van der Waals surface area (Å²) in [6.07, 6.45) is 6.70. The maximum atomic E-state index is 13.2. The van der Waals surface area contributed by atoms with E-state index in [-0.39, 0.29) is 11.3 Å². The lowest BCUT2D eigenvalue weighted by Gasteiger charge is -2.46. The number of hydrogen-bond donors (Lipinski definition) is 2. The fraction of sp³-hybridized carbons (Fsp3) is 0.462. The van der Waals surface area contributed by atoms with Gasteiger partial charge in [0.05, 0.1) is 11.0 Å². The molecule has 30 heavy (non-hydrogen) atoms. The first kappa shape index (κ1) is 19.3. The van der Waals surface area contributed by atoms with Crippen molar-refractivity contribution < 1.29 is 4.79 Å².